The van der Waals surface area contributed by atoms with Crippen LogP contribution in [0, 0.1) is 0 Å². The Labute approximate surface area is 107 Å². The van der Waals surface area contributed by atoms with Crippen LogP contribution in [0.1, 0.15) is 13.0 Å². The van der Waals surface area contributed by atoms with E-state index in [4.69, 9.17) is 0 Å². The summed E-state index contributed by atoms with van der Waals surface area (Å²) in [6, 6.07) is 1.35. The molecule has 1 amide bonds. The maximum absolute atomic E-state index is 11.9. The third-order valence-electron chi connectivity index (χ3n) is 2.31. The van der Waals surface area contributed by atoms with Crippen LogP contribution in [0.25, 0.3) is 0 Å². The molecule has 0 aliphatic carbocycles. The van der Waals surface area contributed by atoms with Crippen molar-refractivity contribution in [2.75, 3.05) is 5.32 Å². The quantitative estimate of drug-likeness (QED) is 0.935. The van der Waals surface area contributed by atoms with Gasteiger partial charge in [0.05, 0.1) is 10.7 Å². The van der Waals surface area contributed by atoms with E-state index >= 15 is 0 Å². The Bertz CT molecular complexity index is 532. The Balaban J connectivity index is 2.05. The number of carbonyl (C=O) groups excluding carboxylic acids is 1. The van der Waals surface area contributed by atoms with E-state index in [9.17, 15) is 4.79 Å². The molecule has 2 rings (SSSR count). The molecule has 1 atom stereocenters. The fraction of sp³-hybridized carbons (Fsp3) is 0.300. The van der Waals surface area contributed by atoms with Gasteiger partial charge in [0.2, 0.25) is 5.91 Å². The molecule has 0 saturated carbocycles. The molecule has 0 aliphatic heterocycles. The summed E-state index contributed by atoms with van der Waals surface area (Å²) in [6.07, 6.45) is 5.16. The average Bonchev–Trinajstić information content (AvgIpc) is 2.87. The lowest BCUT2D eigenvalue weighted by Crippen LogP contribution is -2.24. The number of hydrogen-bond donors (Lipinski definition) is 1. The van der Waals surface area contributed by atoms with Gasteiger partial charge in [0.1, 0.15) is 6.04 Å². The monoisotopic (exact) mass is 297 g/mol. The Morgan fingerprint density at radius 3 is 2.88 bits per heavy atom. The van der Waals surface area contributed by atoms with E-state index < -0.39 is 0 Å². The standard InChI is InChI=1S/C10H12BrN5O/c1-7(16-6-8(11)5-12-16)10(17)13-9-3-4-15(2)14-9/h3-7H,1-2H3,(H,13,14,17). The summed E-state index contributed by atoms with van der Waals surface area (Å²) in [4.78, 5) is 11.9. The third-order valence-corrected chi connectivity index (χ3v) is 2.72. The Hall–Kier alpha value is -1.63. The molecule has 90 valence electrons. The predicted molar refractivity (Wildman–Crippen MR) is 66.5 cm³/mol. The van der Waals surface area contributed by atoms with Crippen LogP contribution >= 0.6 is 15.9 Å². The summed E-state index contributed by atoms with van der Waals surface area (Å²) in [5.74, 6) is 0.384. The maximum atomic E-state index is 11.9. The molecule has 1 unspecified atom stereocenters. The smallest absolute Gasteiger partial charge is 0.250 e. The molecular weight excluding hydrogens is 286 g/mol. The molecule has 17 heavy (non-hydrogen) atoms. The van der Waals surface area contributed by atoms with Crippen LogP contribution in [0.3, 0.4) is 0 Å². The summed E-state index contributed by atoms with van der Waals surface area (Å²) in [7, 11) is 1.80. The second kappa shape index (κ2) is 4.70. The van der Waals surface area contributed by atoms with Gasteiger partial charge in [0.15, 0.2) is 5.82 Å². The van der Waals surface area contributed by atoms with Crippen LogP contribution in [-0.4, -0.2) is 25.5 Å². The van der Waals surface area contributed by atoms with Crippen molar-refractivity contribution in [1.29, 1.82) is 0 Å². The minimum atomic E-state index is -0.386. The topological polar surface area (TPSA) is 64.7 Å². The highest BCUT2D eigenvalue weighted by atomic mass is 79.9. The molecule has 2 heterocycles. The summed E-state index contributed by atoms with van der Waals surface area (Å²) in [5, 5.41) is 10.9. The molecular formula is C10H12BrN5O. The number of amides is 1. The van der Waals surface area contributed by atoms with Crippen molar-refractivity contribution in [2.45, 2.75) is 13.0 Å². The zero-order valence-electron chi connectivity index (χ0n) is 9.46. The van der Waals surface area contributed by atoms with Crippen LogP contribution in [0.4, 0.5) is 5.82 Å². The van der Waals surface area contributed by atoms with E-state index in [2.05, 4.69) is 31.4 Å². The molecule has 0 aromatic carbocycles. The number of anilines is 1. The van der Waals surface area contributed by atoms with Gasteiger partial charge in [0, 0.05) is 25.5 Å². The Morgan fingerprint density at radius 2 is 2.35 bits per heavy atom. The van der Waals surface area contributed by atoms with Crippen molar-refractivity contribution in [3.63, 3.8) is 0 Å². The highest BCUT2D eigenvalue weighted by Crippen LogP contribution is 2.13. The number of aromatic nitrogens is 4. The molecule has 0 aliphatic rings. The number of rotatable bonds is 3. The van der Waals surface area contributed by atoms with Gasteiger partial charge in [-0.2, -0.15) is 10.2 Å². The molecule has 0 bridgehead atoms. The molecule has 0 spiro atoms. The van der Waals surface area contributed by atoms with E-state index in [-0.39, 0.29) is 11.9 Å². The number of nitrogens with one attached hydrogen (secondary N) is 1. The molecule has 0 fully saturated rings. The van der Waals surface area contributed by atoms with Gasteiger partial charge in [-0.1, -0.05) is 0 Å². The molecule has 7 heteroatoms. The molecule has 0 saturated heterocycles. The first kappa shape index (κ1) is 11.8. The minimum absolute atomic E-state index is 0.153. The molecule has 2 aromatic heterocycles. The second-order valence-electron chi connectivity index (χ2n) is 3.68. The van der Waals surface area contributed by atoms with Crippen molar-refractivity contribution in [3.8, 4) is 0 Å². The summed E-state index contributed by atoms with van der Waals surface area (Å²) < 4.78 is 4.06. The lowest BCUT2D eigenvalue weighted by molar-refractivity contribution is -0.119. The van der Waals surface area contributed by atoms with Crippen molar-refractivity contribution in [3.05, 3.63) is 29.1 Å². The highest BCUT2D eigenvalue weighted by Gasteiger charge is 2.16. The van der Waals surface area contributed by atoms with E-state index in [1.165, 1.54) is 0 Å². The first-order valence-corrected chi connectivity index (χ1v) is 5.86. The fourth-order valence-corrected chi connectivity index (χ4v) is 1.66. The first-order chi connectivity index (χ1) is 8.06. The summed E-state index contributed by atoms with van der Waals surface area (Å²) in [5.41, 5.74) is 0. The fourth-order valence-electron chi connectivity index (χ4n) is 1.36. The van der Waals surface area contributed by atoms with Crippen LogP contribution in [-0.2, 0) is 11.8 Å². The van der Waals surface area contributed by atoms with Crippen LogP contribution in [0.15, 0.2) is 29.1 Å². The lowest BCUT2D eigenvalue weighted by Gasteiger charge is -2.10. The van der Waals surface area contributed by atoms with Crippen LogP contribution in [0.5, 0.6) is 0 Å². The SMILES string of the molecule is CC(C(=O)Nc1ccn(C)n1)n1cc(Br)cn1. The Kier molecular flexibility index (Phi) is 3.28. The third kappa shape index (κ3) is 2.73. The molecule has 2 aromatic rings. The number of aryl methyl sites for hydroxylation is 1. The molecule has 1 N–H and O–H groups in total. The minimum Gasteiger partial charge on any atom is -0.307 e. The lowest BCUT2D eigenvalue weighted by atomic mass is 10.3. The zero-order valence-corrected chi connectivity index (χ0v) is 11.0. The first-order valence-electron chi connectivity index (χ1n) is 5.06. The van der Waals surface area contributed by atoms with Gasteiger partial charge >= 0.3 is 0 Å². The number of hydrogen-bond acceptors (Lipinski definition) is 3. The van der Waals surface area contributed by atoms with Crippen molar-refractivity contribution < 1.29 is 4.79 Å². The van der Waals surface area contributed by atoms with Gasteiger partial charge in [-0.25, -0.2) is 0 Å². The van der Waals surface area contributed by atoms with Crippen LogP contribution in [0.2, 0.25) is 0 Å². The number of nitrogens with zero attached hydrogens (tertiary/aromatic N) is 4. The highest BCUT2D eigenvalue weighted by molar-refractivity contribution is 9.10. The Morgan fingerprint density at radius 1 is 1.59 bits per heavy atom. The van der Waals surface area contributed by atoms with E-state index in [1.54, 1.807) is 48.0 Å². The van der Waals surface area contributed by atoms with Gasteiger partial charge in [-0.05, 0) is 22.9 Å². The van der Waals surface area contributed by atoms with Crippen LogP contribution < -0.4 is 5.32 Å². The van der Waals surface area contributed by atoms with Gasteiger partial charge in [-0.3, -0.25) is 14.2 Å². The number of carbonyl (C=O) groups is 1. The number of halogens is 1. The predicted octanol–water partition coefficient (Wildman–Crippen LogP) is 1.58. The van der Waals surface area contributed by atoms with E-state index in [1.807, 2.05) is 0 Å². The normalized spacial score (nSPS) is 12.4. The van der Waals surface area contributed by atoms with Crippen molar-refractivity contribution >= 4 is 27.7 Å². The summed E-state index contributed by atoms with van der Waals surface area (Å²) >= 11 is 3.29. The largest absolute Gasteiger partial charge is 0.307 e. The second-order valence-corrected chi connectivity index (χ2v) is 4.59. The summed E-state index contributed by atoms with van der Waals surface area (Å²) in [6.45, 7) is 1.78. The molecule has 6 nitrogen and oxygen atoms in total. The van der Waals surface area contributed by atoms with Crippen molar-refractivity contribution in [2.24, 2.45) is 7.05 Å². The molecule has 0 radical (unpaired) electrons. The average molecular weight is 298 g/mol. The van der Waals surface area contributed by atoms with E-state index in [0.29, 0.717) is 5.82 Å². The van der Waals surface area contributed by atoms with E-state index in [0.717, 1.165) is 4.47 Å². The van der Waals surface area contributed by atoms with Gasteiger partial charge in [-0.15, -0.1) is 0 Å². The maximum Gasteiger partial charge on any atom is 0.250 e. The van der Waals surface area contributed by atoms with Crippen molar-refractivity contribution in [1.82, 2.24) is 19.6 Å². The van der Waals surface area contributed by atoms with Gasteiger partial charge in [0.25, 0.3) is 0 Å². The van der Waals surface area contributed by atoms with Gasteiger partial charge < -0.3 is 5.32 Å². The zero-order chi connectivity index (χ0) is 12.4.